The maximum atomic E-state index is 14.2. The van der Waals surface area contributed by atoms with Crippen LogP contribution in [0.5, 0.6) is 17.2 Å². The number of benzene rings is 3. The number of carbonyl (C=O) groups excluding carboxylic acids is 3. The Labute approximate surface area is 255 Å². The van der Waals surface area contributed by atoms with E-state index in [1.807, 2.05) is 48.5 Å². The number of hydrogen-bond donors (Lipinski definition) is 2. The molecule has 3 aromatic rings. The van der Waals surface area contributed by atoms with E-state index in [4.69, 9.17) is 9.47 Å². The van der Waals surface area contributed by atoms with E-state index in [0.717, 1.165) is 16.7 Å². The van der Waals surface area contributed by atoms with Crippen molar-refractivity contribution in [3.05, 3.63) is 102 Å². The van der Waals surface area contributed by atoms with Crippen molar-refractivity contribution in [1.82, 2.24) is 25.1 Å². The molecule has 228 valence electrons. The number of hydrazine groups is 1. The lowest BCUT2D eigenvalue weighted by molar-refractivity contribution is -0.189. The molecule has 3 aliphatic rings. The molecule has 2 saturated heterocycles. The summed E-state index contributed by atoms with van der Waals surface area (Å²) in [6.07, 6.45) is 1.11. The number of urea groups is 1. The zero-order chi connectivity index (χ0) is 30.6. The number of amides is 4. The van der Waals surface area contributed by atoms with Crippen LogP contribution in [0.25, 0.3) is 0 Å². The summed E-state index contributed by atoms with van der Waals surface area (Å²) in [6.45, 7) is 5.61. The van der Waals surface area contributed by atoms with Crippen LogP contribution in [0.3, 0.4) is 0 Å². The zero-order valence-electron chi connectivity index (χ0n) is 24.3. The molecule has 2 N–H and O–H groups in total. The number of ether oxygens (including phenoxy) is 2. The number of fused-ring (bicyclic) bond motifs is 2. The van der Waals surface area contributed by atoms with Crippen molar-refractivity contribution < 1.29 is 29.0 Å². The molecule has 0 aromatic heterocycles. The van der Waals surface area contributed by atoms with Gasteiger partial charge in [0, 0.05) is 26.1 Å². The molecule has 2 fully saturated rings. The minimum Gasteiger partial charge on any atom is -0.508 e. The molecule has 4 amide bonds. The molecule has 6 rings (SSSR count). The van der Waals surface area contributed by atoms with Crippen molar-refractivity contribution in [3.63, 3.8) is 0 Å². The van der Waals surface area contributed by atoms with Crippen molar-refractivity contribution >= 4 is 17.8 Å². The van der Waals surface area contributed by atoms with Gasteiger partial charge in [0.15, 0.2) is 11.5 Å². The topological polar surface area (TPSA) is 115 Å². The maximum Gasteiger partial charge on any atom is 0.334 e. The number of hydrogen-bond acceptors (Lipinski definition) is 7. The molecule has 0 spiro atoms. The van der Waals surface area contributed by atoms with Gasteiger partial charge in [-0.2, -0.15) is 0 Å². The second kappa shape index (κ2) is 12.7. The Morgan fingerprint density at radius 1 is 0.955 bits per heavy atom. The largest absolute Gasteiger partial charge is 0.508 e. The molecule has 0 radical (unpaired) electrons. The number of nitrogens with zero attached hydrogens (tertiary/aromatic N) is 4. The van der Waals surface area contributed by atoms with Crippen LogP contribution >= 0.6 is 0 Å². The molecule has 2 atom stereocenters. The van der Waals surface area contributed by atoms with Crippen molar-refractivity contribution in [2.45, 2.75) is 31.7 Å². The number of carbonyl (C=O) groups is 3. The summed E-state index contributed by atoms with van der Waals surface area (Å²) in [4.78, 5) is 45.0. The third-order valence-electron chi connectivity index (χ3n) is 8.01. The highest BCUT2D eigenvalue weighted by Crippen LogP contribution is 2.33. The van der Waals surface area contributed by atoms with Crippen LogP contribution in [0.2, 0.25) is 0 Å². The molecular formula is C33H35N5O6. The van der Waals surface area contributed by atoms with Crippen molar-refractivity contribution in [3.8, 4) is 17.2 Å². The average molecular weight is 598 g/mol. The molecule has 0 unspecified atom stereocenters. The third-order valence-corrected chi connectivity index (χ3v) is 8.01. The summed E-state index contributed by atoms with van der Waals surface area (Å²) in [5, 5.41) is 16.0. The van der Waals surface area contributed by atoms with E-state index in [1.165, 1.54) is 0 Å². The third kappa shape index (κ3) is 6.04. The SMILES string of the molecule is C=CCN1CC(=O)N2[C@@H](Cc3ccc(O)cc3)C(=O)N(Cc3ccc4c(c3)OCCO4)C[C@@H]2N1C(=O)NCc1ccccc1. The Morgan fingerprint density at radius 2 is 1.68 bits per heavy atom. The summed E-state index contributed by atoms with van der Waals surface area (Å²) >= 11 is 0. The molecule has 0 bridgehead atoms. The number of aromatic hydroxyl groups is 1. The summed E-state index contributed by atoms with van der Waals surface area (Å²) in [7, 11) is 0. The lowest BCUT2D eigenvalue weighted by Crippen LogP contribution is -2.76. The Morgan fingerprint density at radius 3 is 2.43 bits per heavy atom. The van der Waals surface area contributed by atoms with Crippen molar-refractivity contribution in [2.24, 2.45) is 0 Å². The number of nitrogens with one attached hydrogen (secondary N) is 1. The molecule has 0 aliphatic carbocycles. The van der Waals surface area contributed by atoms with E-state index in [2.05, 4.69) is 11.9 Å². The normalized spacial score (nSPS) is 19.9. The van der Waals surface area contributed by atoms with Crippen LogP contribution in [0.15, 0.2) is 85.5 Å². The van der Waals surface area contributed by atoms with Crippen LogP contribution in [0.4, 0.5) is 4.79 Å². The summed E-state index contributed by atoms with van der Waals surface area (Å²) in [5.74, 6) is 0.907. The second-order valence-electron chi connectivity index (χ2n) is 11.0. The fourth-order valence-electron chi connectivity index (χ4n) is 5.96. The van der Waals surface area contributed by atoms with Gasteiger partial charge in [0.25, 0.3) is 0 Å². The van der Waals surface area contributed by atoms with Crippen molar-refractivity contribution in [2.75, 3.05) is 32.8 Å². The molecule has 44 heavy (non-hydrogen) atoms. The number of phenols is 1. The maximum absolute atomic E-state index is 14.2. The van der Waals surface area contributed by atoms with Crippen LogP contribution in [0, 0.1) is 0 Å². The first kappa shape index (κ1) is 29.1. The smallest absolute Gasteiger partial charge is 0.334 e. The Balaban J connectivity index is 1.33. The lowest BCUT2D eigenvalue weighted by Gasteiger charge is -2.55. The van der Waals surface area contributed by atoms with Gasteiger partial charge in [0.05, 0.1) is 13.1 Å². The Kier molecular flexibility index (Phi) is 8.38. The summed E-state index contributed by atoms with van der Waals surface area (Å²) < 4.78 is 11.4. The number of rotatable bonds is 8. The minimum absolute atomic E-state index is 0.0806. The van der Waals surface area contributed by atoms with Gasteiger partial charge in [-0.1, -0.05) is 54.6 Å². The van der Waals surface area contributed by atoms with Crippen molar-refractivity contribution in [1.29, 1.82) is 0 Å². The van der Waals surface area contributed by atoms with Gasteiger partial charge in [-0.3, -0.25) is 9.59 Å². The van der Waals surface area contributed by atoms with Crippen LogP contribution in [-0.2, 0) is 29.1 Å². The van der Waals surface area contributed by atoms with E-state index in [0.29, 0.717) is 31.3 Å². The van der Waals surface area contributed by atoms with E-state index in [9.17, 15) is 19.5 Å². The molecule has 3 aliphatic heterocycles. The first-order chi connectivity index (χ1) is 21.4. The average Bonchev–Trinajstić information content (AvgIpc) is 3.03. The molecule has 3 aromatic carbocycles. The Bertz CT molecular complexity index is 1530. The molecule has 11 nitrogen and oxygen atoms in total. The number of piperazine rings is 1. The van der Waals surface area contributed by atoms with Gasteiger partial charge in [-0.25, -0.2) is 14.8 Å². The monoisotopic (exact) mass is 597 g/mol. The fourth-order valence-corrected chi connectivity index (χ4v) is 5.96. The van der Waals surface area contributed by atoms with E-state index >= 15 is 0 Å². The van der Waals surface area contributed by atoms with E-state index in [-0.39, 0.29) is 56.2 Å². The minimum atomic E-state index is -0.863. The molecule has 0 saturated carbocycles. The lowest BCUT2D eigenvalue weighted by atomic mass is 9.98. The summed E-state index contributed by atoms with van der Waals surface area (Å²) in [6, 6.07) is 20.5. The highest BCUT2D eigenvalue weighted by atomic mass is 16.6. The first-order valence-corrected chi connectivity index (χ1v) is 14.6. The first-order valence-electron chi connectivity index (χ1n) is 14.6. The van der Waals surface area contributed by atoms with Gasteiger partial charge in [-0.15, -0.1) is 6.58 Å². The van der Waals surface area contributed by atoms with Crippen LogP contribution in [0.1, 0.15) is 16.7 Å². The molecule has 3 heterocycles. The molecule has 11 heteroatoms. The second-order valence-corrected chi connectivity index (χ2v) is 11.0. The van der Waals surface area contributed by atoms with Gasteiger partial charge >= 0.3 is 6.03 Å². The quantitative estimate of drug-likeness (QED) is 0.384. The summed E-state index contributed by atoms with van der Waals surface area (Å²) in [5.41, 5.74) is 2.55. The predicted octanol–water partition coefficient (Wildman–Crippen LogP) is 2.90. The highest BCUT2D eigenvalue weighted by molar-refractivity contribution is 5.91. The van der Waals surface area contributed by atoms with Gasteiger partial charge in [0.2, 0.25) is 11.8 Å². The standard InChI is InChI=1S/C33H35N5O6/c1-2-14-36-22-31(40)37-27(17-23-8-11-26(39)12-9-23)32(41)35(20-25-10-13-28-29(18-25)44-16-15-43-28)21-30(37)38(36)33(42)34-19-24-6-4-3-5-7-24/h2-13,18,27,30,39H,1,14-17,19-22H2,(H,34,42)/t27-,30-/m0/s1. The Hall–Kier alpha value is -5.03. The highest BCUT2D eigenvalue weighted by Gasteiger charge is 2.51. The van der Waals surface area contributed by atoms with Crippen LogP contribution in [-0.4, -0.2) is 87.8 Å². The van der Waals surface area contributed by atoms with Gasteiger partial charge in [-0.05, 0) is 41.0 Å². The zero-order valence-corrected chi connectivity index (χ0v) is 24.3. The van der Waals surface area contributed by atoms with Crippen LogP contribution < -0.4 is 14.8 Å². The van der Waals surface area contributed by atoms with Gasteiger partial charge < -0.3 is 29.7 Å². The van der Waals surface area contributed by atoms with Gasteiger partial charge in [0.1, 0.15) is 31.2 Å². The van der Waals surface area contributed by atoms with E-state index in [1.54, 1.807) is 50.2 Å². The molecular weight excluding hydrogens is 562 g/mol. The van der Waals surface area contributed by atoms with E-state index < -0.39 is 12.2 Å². The predicted molar refractivity (Wildman–Crippen MR) is 161 cm³/mol. The number of phenolic OH excluding ortho intramolecular Hbond substituents is 1. The fraction of sp³-hybridized carbons (Fsp3) is 0.303.